The fourth-order valence-electron chi connectivity index (χ4n) is 2.34. The topological polar surface area (TPSA) is 84.5 Å². The lowest BCUT2D eigenvalue weighted by atomic mass is 10.1. The minimum atomic E-state index is -3.59. The second-order valence-electron chi connectivity index (χ2n) is 6.50. The predicted octanol–water partition coefficient (Wildman–Crippen LogP) is 3.47. The first kappa shape index (κ1) is 22.5. The van der Waals surface area contributed by atoms with Crippen molar-refractivity contribution in [3.05, 3.63) is 64.1 Å². The second-order valence-corrected chi connectivity index (χ2v) is 9.19. The molecule has 0 aromatic heterocycles. The lowest BCUT2D eigenvalue weighted by Gasteiger charge is -2.09. The summed E-state index contributed by atoms with van der Waals surface area (Å²) in [5.74, 6) is -0.161. The number of carbonyl (C=O) groups is 1. The normalized spacial score (nSPS) is 11.6. The highest BCUT2D eigenvalue weighted by atomic mass is 79.9. The summed E-state index contributed by atoms with van der Waals surface area (Å²) in [4.78, 5) is 12.3. The maximum absolute atomic E-state index is 12.3. The Morgan fingerprint density at radius 3 is 2.32 bits per heavy atom. The Bertz CT molecular complexity index is 866. The Labute approximate surface area is 174 Å². The van der Waals surface area contributed by atoms with E-state index in [2.05, 4.69) is 26.0 Å². The molecule has 0 bridgehead atoms. The van der Waals surface area contributed by atoms with Crippen molar-refractivity contribution in [3.8, 4) is 0 Å². The van der Waals surface area contributed by atoms with E-state index in [0.717, 1.165) is 16.5 Å². The third kappa shape index (κ3) is 7.35. The summed E-state index contributed by atoms with van der Waals surface area (Å²) in [6.07, 6.45) is 0.935. The minimum absolute atomic E-state index is 0.146. The van der Waals surface area contributed by atoms with Crippen LogP contribution in [0.2, 0.25) is 0 Å². The molecule has 0 saturated carbocycles. The lowest BCUT2D eigenvalue weighted by Crippen LogP contribution is -2.26. The van der Waals surface area contributed by atoms with Gasteiger partial charge in [0.25, 0.3) is 5.91 Å². The van der Waals surface area contributed by atoms with Crippen molar-refractivity contribution in [1.29, 1.82) is 0 Å². The number of sulfonamides is 1. The van der Waals surface area contributed by atoms with Crippen LogP contribution in [0.25, 0.3) is 0 Å². The van der Waals surface area contributed by atoms with Crippen LogP contribution >= 0.6 is 15.9 Å². The monoisotopic (exact) mass is 468 g/mol. The zero-order valence-electron chi connectivity index (χ0n) is 15.9. The Morgan fingerprint density at radius 1 is 1.07 bits per heavy atom. The Kier molecular flexibility index (Phi) is 8.62. The Balaban J connectivity index is 1.83. The first-order chi connectivity index (χ1) is 13.3. The summed E-state index contributed by atoms with van der Waals surface area (Å²) >= 11 is 3.28. The first-order valence-corrected chi connectivity index (χ1v) is 11.3. The van der Waals surface area contributed by atoms with Crippen molar-refractivity contribution in [2.45, 2.75) is 37.8 Å². The van der Waals surface area contributed by atoms with E-state index in [1.807, 2.05) is 13.8 Å². The summed E-state index contributed by atoms with van der Waals surface area (Å²) in [5, 5.41) is 2.84. The van der Waals surface area contributed by atoms with E-state index in [4.69, 9.17) is 4.74 Å². The van der Waals surface area contributed by atoms with E-state index < -0.39 is 10.0 Å². The van der Waals surface area contributed by atoms with Gasteiger partial charge in [-0.2, -0.15) is 0 Å². The number of ether oxygens (including phenoxy) is 1. The summed E-state index contributed by atoms with van der Waals surface area (Å²) in [7, 11) is -3.59. The van der Waals surface area contributed by atoms with Crippen LogP contribution in [-0.2, 0) is 21.3 Å². The third-order valence-corrected chi connectivity index (χ3v) is 5.81. The van der Waals surface area contributed by atoms with Crippen LogP contribution in [0, 0.1) is 0 Å². The van der Waals surface area contributed by atoms with Crippen molar-refractivity contribution >= 4 is 31.9 Å². The molecule has 0 atom stereocenters. The fourth-order valence-corrected chi connectivity index (χ4v) is 3.63. The van der Waals surface area contributed by atoms with Gasteiger partial charge < -0.3 is 10.1 Å². The highest BCUT2D eigenvalue weighted by Gasteiger charge is 2.13. The Hall–Kier alpha value is -1.74. The lowest BCUT2D eigenvalue weighted by molar-refractivity contribution is 0.0757. The molecule has 2 N–H and O–H groups in total. The average molecular weight is 469 g/mol. The molecule has 152 valence electrons. The maximum atomic E-state index is 12.3. The number of benzene rings is 2. The summed E-state index contributed by atoms with van der Waals surface area (Å²) < 4.78 is 33.4. The highest BCUT2D eigenvalue weighted by molar-refractivity contribution is 9.10. The average Bonchev–Trinajstić information content (AvgIpc) is 2.66. The van der Waals surface area contributed by atoms with Gasteiger partial charge in [0.2, 0.25) is 10.0 Å². The quantitative estimate of drug-likeness (QED) is 0.522. The maximum Gasteiger partial charge on any atom is 0.251 e. The number of amides is 1. The van der Waals surface area contributed by atoms with Gasteiger partial charge in [-0.1, -0.05) is 28.1 Å². The van der Waals surface area contributed by atoms with Gasteiger partial charge in [0.1, 0.15) is 0 Å². The molecule has 0 aliphatic carbocycles. The van der Waals surface area contributed by atoms with Gasteiger partial charge in [0.15, 0.2) is 0 Å². The molecule has 0 aliphatic heterocycles. The van der Waals surface area contributed by atoms with Gasteiger partial charge in [-0.25, -0.2) is 13.1 Å². The number of halogens is 1. The molecule has 2 aromatic carbocycles. The molecule has 2 rings (SSSR count). The van der Waals surface area contributed by atoms with Crippen LogP contribution in [0.1, 0.15) is 36.2 Å². The van der Waals surface area contributed by atoms with Crippen LogP contribution < -0.4 is 10.0 Å². The van der Waals surface area contributed by atoms with Crippen LogP contribution in [0.5, 0.6) is 0 Å². The zero-order chi connectivity index (χ0) is 20.6. The van der Waals surface area contributed by atoms with Crippen LogP contribution in [0.3, 0.4) is 0 Å². The van der Waals surface area contributed by atoms with Crippen LogP contribution in [0.15, 0.2) is 57.9 Å². The van der Waals surface area contributed by atoms with Gasteiger partial charge in [-0.15, -0.1) is 0 Å². The third-order valence-electron chi connectivity index (χ3n) is 3.86. The van der Waals surface area contributed by atoms with Gasteiger partial charge >= 0.3 is 0 Å². The first-order valence-electron chi connectivity index (χ1n) is 9.02. The van der Waals surface area contributed by atoms with Crippen LogP contribution in [0.4, 0.5) is 0 Å². The fraction of sp³-hybridized carbons (Fsp3) is 0.350. The van der Waals surface area contributed by atoms with E-state index in [1.165, 1.54) is 12.1 Å². The molecule has 6 nitrogen and oxygen atoms in total. The van der Waals surface area contributed by atoms with E-state index in [0.29, 0.717) is 18.7 Å². The molecule has 0 spiro atoms. The van der Waals surface area contributed by atoms with Gasteiger partial charge in [-0.05, 0) is 62.2 Å². The molecule has 8 heteroatoms. The summed E-state index contributed by atoms with van der Waals surface area (Å²) in [6, 6.07) is 13.3. The molecule has 0 heterocycles. The predicted molar refractivity (Wildman–Crippen MR) is 113 cm³/mol. The molecular formula is C20H25BrN2O4S. The van der Waals surface area contributed by atoms with Crippen molar-refractivity contribution in [3.63, 3.8) is 0 Å². The number of hydrogen-bond acceptors (Lipinski definition) is 4. The number of rotatable bonds is 10. The SMILES string of the molecule is CC(C)OCCCNC(=O)c1ccc(CNS(=O)(=O)c2ccc(Br)cc2)cc1. The smallest absolute Gasteiger partial charge is 0.251 e. The highest BCUT2D eigenvalue weighted by Crippen LogP contribution is 2.15. The van der Waals surface area contributed by atoms with Crippen LogP contribution in [-0.4, -0.2) is 33.6 Å². The number of nitrogens with one attached hydrogen (secondary N) is 2. The molecule has 0 saturated heterocycles. The Morgan fingerprint density at radius 2 is 1.71 bits per heavy atom. The van der Waals surface area contributed by atoms with E-state index >= 15 is 0 Å². The van der Waals surface area contributed by atoms with E-state index in [9.17, 15) is 13.2 Å². The molecule has 1 amide bonds. The number of carbonyl (C=O) groups excluding carboxylic acids is 1. The second kappa shape index (κ2) is 10.7. The van der Waals surface area contributed by atoms with E-state index in [-0.39, 0.29) is 23.5 Å². The van der Waals surface area contributed by atoms with Crippen molar-refractivity contribution < 1.29 is 17.9 Å². The van der Waals surface area contributed by atoms with Crippen molar-refractivity contribution in [2.24, 2.45) is 0 Å². The van der Waals surface area contributed by atoms with Gasteiger partial charge in [-0.3, -0.25) is 4.79 Å². The molecule has 0 fully saturated rings. The van der Waals surface area contributed by atoms with Crippen molar-refractivity contribution in [1.82, 2.24) is 10.0 Å². The molecule has 28 heavy (non-hydrogen) atoms. The standard InChI is InChI=1S/C20H25BrN2O4S/c1-15(2)27-13-3-12-22-20(24)17-6-4-16(5-7-17)14-23-28(25,26)19-10-8-18(21)9-11-19/h4-11,15,23H,3,12-14H2,1-2H3,(H,22,24). The molecule has 0 aliphatic rings. The summed E-state index contributed by atoms with van der Waals surface area (Å²) in [5.41, 5.74) is 1.30. The van der Waals surface area contributed by atoms with Gasteiger partial charge in [0, 0.05) is 29.7 Å². The molecule has 2 aromatic rings. The molecule has 0 unspecified atom stereocenters. The zero-order valence-corrected chi connectivity index (χ0v) is 18.3. The van der Waals surface area contributed by atoms with E-state index in [1.54, 1.807) is 36.4 Å². The largest absolute Gasteiger partial charge is 0.379 e. The summed E-state index contributed by atoms with van der Waals surface area (Å²) in [6.45, 7) is 5.24. The molecule has 0 radical (unpaired) electrons. The van der Waals surface area contributed by atoms with Crippen molar-refractivity contribution in [2.75, 3.05) is 13.2 Å². The number of hydrogen-bond donors (Lipinski definition) is 2. The van der Waals surface area contributed by atoms with Gasteiger partial charge in [0.05, 0.1) is 11.0 Å². The minimum Gasteiger partial charge on any atom is -0.379 e. The molecular weight excluding hydrogens is 444 g/mol.